The summed E-state index contributed by atoms with van der Waals surface area (Å²) < 4.78 is 0. The van der Waals surface area contributed by atoms with E-state index in [0.717, 1.165) is 0 Å². The molecule has 0 aromatic rings. The zero-order chi connectivity index (χ0) is 14.6. The largest absolute Gasteiger partial charge is 0.0683 e. The predicted octanol–water partition coefficient (Wildman–Crippen LogP) is 6.94. The van der Waals surface area contributed by atoms with Gasteiger partial charge in [0.25, 0.3) is 0 Å². The molecule has 0 N–H and O–H groups in total. The van der Waals surface area contributed by atoms with Gasteiger partial charge < -0.3 is 0 Å². The molecule has 0 radical (unpaired) electrons. The topological polar surface area (TPSA) is 0 Å². The van der Waals surface area contributed by atoms with Gasteiger partial charge in [-0.3, -0.25) is 0 Å². The van der Waals surface area contributed by atoms with Gasteiger partial charge in [-0.05, 0) is 55.8 Å². The molecular formula is C18H40. The van der Waals surface area contributed by atoms with E-state index in [9.17, 15) is 0 Å². The zero-order valence-corrected chi connectivity index (χ0v) is 14.6. The first-order valence-corrected chi connectivity index (χ1v) is 8.95. The summed E-state index contributed by atoms with van der Waals surface area (Å²) in [4.78, 5) is 0. The van der Waals surface area contributed by atoms with Crippen molar-refractivity contribution in [1.29, 1.82) is 0 Å². The second-order valence-electron chi connectivity index (χ2n) is 4.59. The van der Waals surface area contributed by atoms with Crippen LogP contribution in [0.1, 0.15) is 93.9 Å². The van der Waals surface area contributed by atoms with E-state index in [2.05, 4.69) is 0 Å². The SMILES string of the molecule is C1CC2C3CCC(C3)C2C1.CC.CC.CC.CC. The Balaban J connectivity index is 0. The van der Waals surface area contributed by atoms with Crippen LogP contribution in [0.15, 0.2) is 0 Å². The van der Waals surface area contributed by atoms with Gasteiger partial charge in [0.1, 0.15) is 0 Å². The first kappa shape index (κ1) is 20.3. The van der Waals surface area contributed by atoms with Crippen LogP contribution < -0.4 is 0 Å². The minimum Gasteiger partial charge on any atom is -0.0683 e. The maximum Gasteiger partial charge on any atom is -0.0355 e. The number of hydrogen-bond donors (Lipinski definition) is 0. The fourth-order valence-corrected chi connectivity index (χ4v) is 4.02. The summed E-state index contributed by atoms with van der Waals surface area (Å²) in [6.07, 6.45) is 9.53. The third-order valence-corrected chi connectivity index (χ3v) is 4.35. The van der Waals surface area contributed by atoms with Crippen LogP contribution in [0.25, 0.3) is 0 Å². The Morgan fingerprint density at radius 1 is 0.500 bits per heavy atom. The highest BCUT2D eigenvalue weighted by Gasteiger charge is 2.48. The Labute approximate surface area is 118 Å². The monoisotopic (exact) mass is 256 g/mol. The molecule has 0 amide bonds. The zero-order valence-electron chi connectivity index (χ0n) is 14.6. The summed E-state index contributed by atoms with van der Waals surface area (Å²) in [5.74, 6) is 4.80. The average molecular weight is 257 g/mol. The lowest BCUT2D eigenvalue weighted by Gasteiger charge is -2.23. The maximum absolute atomic E-state index is 2.00. The van der Waals surface area contributed by atoms with Crippen molar-refractivity contribution < 1.29 is 0 Å². The molecule has 0 aromatic heterocycles. The fraction of sp³-hybridized carbons (Fsp3) is 1.00. The fourth-order valence-electron chi connectivity index (χ4n) is 4.02. The first-order chi connectivity index (χ1) is 8.95. The smallest absolute Gasteiger partial charge is 0.0355 e. The van der Waals surface area contributed by atoms with Gasteiger partial charge in [-0.25, -0.2) is 0 Å². The van der Waals surface area contributed by atoms with Gasteiger partial charge in [0, 0.05) is 0 Å². The standard InChI is InChI=1S/C10H16.4C2H6/c1-2-9-7-4-5-8(6-7)10(9)3-1;4*1-2/h7-10H,1-6H2;4*1-2H3. The molecule has 0 spiro atoms. The van der Waals surface area contributed by atoms with Crippen molar-refractivity contribution in [2.24, 2.45) is 23.7 Å². The Hall–Kier alpha value is 0. The Kier molecular flexibility index (Phi) is 15.2. The van der Waals surface area contributed by atoms with Gasteiger partial charge in [-0.1, -0.05) is 61.8 Å². The average Bonchev–Trinajstić information content (AvgIpc) is 3.21. The molecule has 4 unspecified atom stereocenters. The second-order valence-corrected chi connectivity index (χ2v) is 4.59. The number of fused-ring (bicyclic) bond motifs is 5. The molecule has 0 aromatic carbocycles. The molecule has 18 heavy (non-hydrogen) atoms. The number of rotatable bonds is 0. The molecule has 3 rings (SSSR count). The quantitative estimate of drug-likeness (QED) is 0.440. The molecular weight excluding hydrogens is 216 g/mol. The molecule has 4 atom stereocenters. The van der Waals surface area contributed by atoms with Crippen molar-refractivity contribution in [2.45, 2.75) is 93.9 Å². The molecule has 0 saturated heterocycles. The molecule has 3 saturated carbocycles. The Morgan fingerprint density at radius 3 is 1.17 bits per heavy atom. The second kappa shape index (κ2) is 13.4. The van der Waals surface area contributed by atoms with E-state index in [1.165, 1.54) is 23.7 Å². The van der Waals surface area contributed by atoms with Crippen molar-refractivity contribution in [3.05, 3.63) is 0 Å². The van der Waals surface area contributed by atoms with Crippen LogP contribution in [0.4, 0.5) is 0 Å². The van der Waals surface area contributed by atoms with Crippen molar-refractivity contribution in [3.63, 3.8) is 0 Å². The summed E-state index contributed by atoms with van der Waals surface area (Å²) in [7, 11) is 0. The molecule has 0 heteroatoms. The van der Waals surface area contributed by atoms with Gasteiger partial charge >= 0.3 is 0 Å². The molecule has 3 fully saturated rings. The van der Waals surface area contributed by atoms with Crippen LogP contribution in [0.5, 0.6) is 0 Å². The molecule has 3 aliphatic rings. The minimum atomic E-state index is 1.19. The summed E-state index contributed by atoms with van der Waals surface area (Å²) in [6, 6.07) is 0. The van der Waals surface area contributed by atoms with Gasteiger partial charge in [0.15, 0.2) is 0 Å². The lowest BCUT2D eigenvalue weighted by atomic mass is 9.82. The van der Waals surface area contributed by atoms with Crippen LogP contribution in [0.2, 0.25) is 0 Å². The molecule has 2 bridgehead atoms. The third kappa shape index (κ3) is 4.94. The lowest BCUT2D eigenvalue weighted by molar-refractivity contribution is 0.259. The van der Waals surface area contributed by atoms with Crippen LogP contribution in [-0.4, -0.2) is 0 Å². The molecule has 112 valence electrons. The first-order valence-electron chi connectivity index (χ1n) is 8.95. The molecule has 0 aliphatic heterocycles. The van der Waals surface area contributed by atoms with Crippen molar-refractivity contribution in [3.8, 4) is 0 Å². The van der Waals surface area contributed by atoms with Gasteiger partial charge in [-0.2, -0.15) is 0 Å². The van der Waals surface area contributed by atoms with Crippen LogP contribution in [-0.2, 0) is 0 Å². The molecule has 3 aliphatic carbocycles. The van der Waals surface area contributed by atoms with E-state index in [1.54, 1.807) is 38.5 Å². The highest BCUT2D eigenvalue weighted by atomic mass is 14.5. The Morgan fingerprint density at radius 2 is 0.833 bits per heavy atom. The highest BCUT2D eigenvalue weighted by Crippen LogP contribution is 2.58. The predicted molar refractivity (Wildman–Crippen MR) is 87.1 cm³/mol. The van der Waals surface area contributed by atoms with Crippen molar-refractivity contribution in [2.75, 3.05) is 0 Å². The van der Waals surface area contributed by atoms with E-state index in [4.69, 9.17) is 0 Å². The van der Waals surface area contributed by atoms with Gasteiger partial charge in [0.05, 0.1) is 0 Å². The minimum absolute atomic E-state index is 1.19. The summed E-state index contributed by atoms with van der Waals surface area (Å²) in [5, 5.41) is 0. The van der Waals surface area contributed by atoms with E-state index < -0.39 is 0 Å². The van der Waals surface area contributed by atoms with E-state index in [-0.39, 0.29) is 0 Å². The van der Waals surface area contributed by atoms with Crippen molar-refractivity contribution in [1.82, 2.24) is 0 Å². The molecule has 0 nitrogen and oxygen atoms in total. The van der Waals surface area contributed by atoms with Gasteiger partial charge in [-0.15, -0.1) is 0 Å². The van der Waals surface area contributed by atoms with Crippen molar-refractivity contribution >= 4 is 0 Å². The van der Waals surface area contributed by atoms with Crippen LogP contribution in [0, 0.1) is 23.7 Å². The molecule has 0 heterocycles. The highest BCUT2D eigenvalue weighted by molar-refractivity contribution is 4.98. The lowest BCUT2D eigenvalue weighted by Crippen LogP contribution is -2.15. The van der Waals surface area contributed by atoms with E-state index in [1.807, 2.05) is 55.4 Å². The summed E-state index contributed by atoms with van der Waals surface area (Å²) in [5.41, 5.74) is 0. The van der Waals surface area contributed by atoms with E-state index in [0.29, 0.717) is 0 Å². The van der Waals surface area contributed by atoms with E-state index >= 15 is 0 Å². The van der Waals surface area contributed by atoms with Crippen LogP contribution in [0.3, 0.4) is 0 Å². The summed E-state index contributed by atoms with van der Waals surface area (Å²) in [6.45, 7) is 16.0. The normalized spacial score (nSPS) is 33.3. The maximum atomic E-state index is 2.00. The summed E-state index contributed by atoms with van der Waals surface area (Å²) >= 11 is 0. The van der Waals surface area contributed by atoms with Crippen LogP contribution >= 0.6 is 0 Å². The van der Waals surface area contributed by atoms with Gasteiger partial charge in [0.2, 0.25) is 0 Å². The Bertz CT molecular complexity index is 134. The third-order valence-electron chi connectivity index (χ3n) is 4.35. The number of hydrogen-bond acceptors (Lipinski definition) is 0.